The number of hydrogen-bond donors (Lipinski definition) is 1. The Morgan fingerprint density at radius 2 is 2.33 bits per heavy atom. The quantitative estimate of drug-likeness (QED) is 0.806. The second-order valence-corrected chi connectivity index (χ2v) is 5.57. The van der Waals surface area contributed by atoms with Crippen molar-refractivity contribution in [3.8, 4) is 5.75 Å². The Bertz CT molecular complexity index is 763. The van der Waals surface area contributed by atoms with Crippen molar-refractivity contribution in [2.24, 2.45) is 0 Å². The maximum Gasteiger partial charge on any atom is 0.251 e. The van der Waals surface area contributed by atoms with Gasteiger partial charge in [0.1, 0.15) is 5.75 Å². The second kappa shape index (κ2) is 5.57. The van der Waals surface area contributed by atoms with E-state index in [4.69, 9.17) is 4.74 Å². The number of aromatic nitrogens is 2. The fraction of sp³-hybridized carbons (Fsp3) is 0.200. The van der Waals surface area contributed by atoms with Crippen LogP contribution in [0.5, 0.6) is 5.75 Å². The first kappa shape index (κ1) is 13.6. The summed E-state index contributed by atoms with van der Waals surface area (Å²) in [5, 5.41) is 4.85. The highest BCUT2D eigenvalue weighted by atomic mass is 32.1. The Hall–Kier alpha value is -2.34. The molecule has 0 saturated heterocycles. The van der Waals surface area contributed by atoms with E-state index in [0.29, 0.717) is 17.9 Å². The molecule has 6 heteroatoms. The zero-order chi connectivity index (χ0) is 14.8. The molecule has 0 fully saturated rings. The van der Waals surface area contributed by atoms with Gasteiger partial charge in [-0.25, -0.2) is 4.98 Å². The van der Waals surface area contributed by atoms with E-state index in [9.17, 15) is 4.79 Å². The van der Waals surface area contributed by atoms with Gasteiger partial charge >= 0.3 is 0 Å². The van der Waals surface area contributed by atoms with E-state index in [1.54, 1.807) is 30.6 Å². The summed E-state index contributed by atoms with van der Waals surface area (Å²) >= 11 is 1.57. The molecule has 0 radical (unpaired) electrons. The van der Waals surface area contributed by atoms with Crippen LogP contribution in [0.3, 0.4) is 0 Å². The smallest absolute Gasteiger partial charge is 0.251 e. The van der Waals surface area contributed by atoms with E-state index < -0.39 is 0 Å². The molecule has 0 bridgehead atoms. The van der Waals surface area contributed by atoms with Crippen LogP contribution < -0.4 is 10.1 Å². The molecule has 108 valence electrons. The highest BCUT2D eigenvalue weighted by molar-refractivity contribution is 7.15. The number of ether oxygens (including phenoxy) is 1. The zero-order valence-corrected chi connectivity index (χ0v) is 12.6. The number of aryl methyl sites for hydroxylation is 1. The average Bonchev–Trinajstić information content (AvgIpc) is 3.06. The number of thiazole rings is 1. The Labute approximate surface area is 126 Å². The molecule has 0 atom stereocenters. The molecule has 0 aliphatic rings. The first-order chi connectivity index (χ1) is 10.2. The van der Waals surface area contributed by atoms with E-state index >= 15 is 0 Å². The van der Waals surface area contributed by atoms with Gasteiger partial charge in [-0.3, -0.25) is 9.20 Å². The molecule has 5 nitrogen and oxygen atoms in total. The maximum atomic E-state index is 12.2. The first-order valence-electron chi connectivity index (χ1n) is 6.51. The Kier molecular flexibility index (Phi) is 3.62. The van der Waals surface area contributed by atoms with Crippen LogP contribution in [0.15, 0.2) is 36.0 Å². The van der Waals surface area contributed by atoms with E-state index in [-0.39, 0.29) is 5.91 Å². The minimum Gasteiger partial charge on any atom is -0.496 e. The van der Waals surface area contributed by atoms with Gasteiger partial charge in [0.25, 0.3) is 5.91 Å². The van der Waals surface area contributed by atoms with Crippen molar-refractivity contribution in [2.75, 3.05) is 7.11 Å². The highest BCUT2D eigenvalue weighted by Gasteiger charge is 2.09. The molecule has 0 spiro atoms. The monoisotopic (exact) mass is 301 g/mol. The van der Waals surface area contributed by atoms with E-state index in [0.717, 1.165) is 16.2 Å². The number of carbonyl (C=O) groups excluding carboxylic acids is 1. The van der Waals surface area contributed by atoms with Gasteiger partial charge < -0.3 is 10.1 Å². The summed E-state index contributed by atoms with van der Waals surface area (Å²) in [5.74, 6) is 0.579. The summed E-state index contributed by atoms with van der Waals surface area (Å²) in [6, 6.07) is 5.41. The molecule has 0 unspecified atom stereocenters. The number of methoxy groups -OCH3 is 1. The number of hydrogen-bond acceptors (Lipinski definition) is 4. The number of nitrogens with zero attached hydrogens (tertiary/aromatic N) is 2. The fourth-order valence-electron chi connectivity index (χ4n) is 2.10. The third-order valence-electron chi connectivity index (χ3n) is 3.24. The largest absolute Gasteiger partial charge is 0.496 e. The average molecular weight is 301 g/mol. The van der Waals surface area contributed by atoms with Gasteiger partial charge in [0, 0.05) is 23.3 Å². The van der Waals surface area contributed by atoms with Crippen LogP contribution in [0.1, 0.15) is 21.6 Å². The fourth-order valence-corrected chi connectivity index (χ4v) is 2.81. The molecule has 3 rings (SSSR count). The number of fused-ring (bicyclic) bond motifs is 1. The predicted octanol–water partition coefficient (Wildman–Crippen LogP) is 2.64. The van der Waals surface area contributed by atoms with Crippen molar-refractivity contribution in [2.45, 2.75) is 13.5 Å². The molecule has 0 aliphatic heterocycles. The van der Waals surface area contributed by atoms with Crippen LogP contribution in [0, 0.1) is 6.92 Å². The van der Waals surface area contributed by atoms with Gasteiger partial charge in [0.15, 0.2) is 4.96 Å². The molecular weight excluding hydrogens is 286 g/mol. The lowest BCUT2D eigenvalue weighted by molar-refractivity contribution is 0.0950. The van der Waals surface area contributed by atoms with Crippen LogP contribution in [-0.4, -0.2) is 22.4 Å². The highest BCUT2D eigenvalue weighted by Crippen LogP contribution is 2.19. The maximum absolute atomic E-state index is 12.2. The number of imidazole rings is 1. The predicted molar refractivity (Wildman–Crippen MR) is 82.0 cm³/mol. The lowest BCUT2D eigenvalue weighted by Gasteiger charge is -2.07. The van der Waals surface area contributed by atoms with Gasteiger partial charge in [-0.2, -0.15) is 0 Å². The molecule has 2 heterocycles. The number of amides is 1. The van der Waals surface area contributed by atoms with Crippen molar-refractivity contribution < 1.29 is 9.53 Å². The summed E-state index contributed by atoms with van der Waals surface area (Å²) < 4.78 is 7.18. The van der Waals surface area contributed by atoms with Crippen molar-refractivity contribution >= 4 is 22.2 Å². The van der Waals surface area contributed by atoms with Gasteiger partial charge in [0.2, 0.25) is 0 Å². The molecule has 21 heavy (non-hydrogen) atoms. The number of nitrogens with one attached hydrogen (secondary N) is 1. The number of benzene rings is 1. The van der Waals surface area contributed by atoms with Gasteiger partial charge in [-0.1, -0.05) is 6.07 Å². The summed E-state index contributed by atoms with van der Waals surface area (Å²) in [6.45, 7) is 2.35. The third kappa shape index (κ3) is 2.75. The minimum absolute atomic E-state index is 0.135. The Morgan fingerprint density at radius 3 is 3.10 bits per heavy atom. The molecule has 2 aromatic heterocycles. The standard InChI is InChI=1S/C15H15N3O2S/c1-10-3-4-11(7-13(10)20-2)14(19)16-8-12-9-18-5-6-21-15(18)17-12/h3-7,9H,8H2,1-2H3,(H,16,19). The minimum atomic E-state index is -0.135. The van der Waals surface area contributed by atoms with Gasteiger partial charge in [-0.15, -0.1) is 11.3 Å². The van der Waals surface area contributed by atoms with Gasteiger partial charge in [-0.05, 0) is 24.6 Å². The number of carbonyl (C=O) groups is 1. The van der Waals surface area contributed by atoms with Crippen molar-refractivity contribution in [1.82, 2.24) is 14.7 Å². The van der Waals surface area contributed by atoms with E-state index in [1.807, 2.05) is 35.2 Å². The summed E-state index contributed by atoms with van der Waals surface area (Å²) in [4.78, 5) is 17.5. The normalized spacial score (nSPS) is 10.8. The van der Waals surface area contributed by atoms with Crippen LogP contribution in [0.25, 0.3) is 4.96 Å². The van der Waals surface area contributed by atoms with E-state index in [1.165, 1.54) is 0 Å². The van der Waals surface area contributed by atoms with Crippen LogP contribution in [-0.2, 0) is 6.54 Å². The zero-order valence-electron chi connectivity index (χ0n) is 11.8. The third-order valence-corrected chi connectivity index (χ3v) is 4.01. The molecule has 1 aromatic carbocycles. The second-order valence-electron chi connectivity index (χ2n) is 4.69. The van der Waals surface area contributed by atoms with E-state index in [2.05, 4.69) is 10.3 Å². The summed E-state index contributed by atoms with van der Waals surface area (Å²) in [5.41, 5.74) is 2.43. The van der Waals surface area contributed by atoms with Gasteiger partial charge in [0.05, 0.1) is 19.3 Å². The van der Waals surface area contributed by atoms with Crippen LogP contribution in [0.2, 0.25) is 0 Å². The Balaban J connectivity index is 1.70. The van der Waals surface area contributed by atoms with Crippen LogP contribution in [0.4, 0.5) is 0 Å². The first-order valence-corrected chi connectivity index (χ1v) is 7.39. The molecule has 1 N–H and O–H groups in total. The number of rotatable bonds is 4. The van der Waals surface area contributed by atoms with Crippen molar-refractivity contribution in [1.29, 1.82) is 0 Å². The molecule has 3 aromatic rings. The SMILES string of the molecule is COc1cc(C(=O)NCc2cn3ccsc3n2)ccc1C. The lowest BCUT2D eigenvalue weighted by atomic mass is 10.1. The van der Waals surface area contributed by atoms with Crippen molar-refractivity contribution in [3.05, 3.63) is 52.8 Å². The summed E-state index contributed by atoms with van der Waals surface area (Å²) in [6.07, 6.45) is 3.87. The summed E-state index contributed by atoms with van der Waals surface area (Å²) in [7, 11) is 1.60. The molecule has 0 aliphatic carbocycles. The lowest BCUT2D eigenvalue weighted by Crippen LogP contribution is -2.23. The van der Waals surface area contributed by atoms with Crippen molar-refractivity contribution in [3.63, 3.8) is 0 Å². The molecule has 0 saturated carbocycles. The topological polar surface area (TPSA) is 55.6 Å². The molecule has 1 amide bonds. The molecular formula is C15H15N3O2S. The van der Waals surface area contributed by atoms with Crippen LogP contribution >= 0.6 is 11.3 Å². The Morgan fingerprint density at radius 1 is 1.48 bits per heavy atom.